The summed E-state index contributed by atoms with van der Waals surface area (Å²) >= 11 is 2.04. The van der Waals surface area contributed by atoms with Crippen molar-refractivity contribution in [2.75, 3.05) is 0 Å². The van der Waals surface area contributed by atoms with E-state index in [0.29, 0.717) is 6.42 Å². The van der Waals surface area contributed by atoms with Gasteiger partial charge in [0.05, 0.1) is 17.3 Å². The van der Waals surface area contributed by atoms with Gasteiger partial charge in [-0.05, 0) is 46.4 Å². The molecule has 3 aromatic rings. The molecule has 2 aromatic carbocycles. The predicted octanol–water partition coefficient (Wildman–Crippen LogP) is 3.59. The Bertz CT molecular complexity index is 800. The van der Waals surface area contributed by atoms with Crippen LogP contribution in [0.5, 0.6) is 0 Å². The zero-order chi connectivity index (χ0) is 15.0. The van der Waals surface area contributed by atoms with E-state index in [1.54, 1.807) is 6.07 Å². The summed E-state index contributed by atoms with van der Waals surface area (Å²) in [5.41, 5.74) is 2.61. The van der Waals surface area contributed by atoms with Crippen LogP contribution >= 0.6 is 22.6 Å². The summed E-state index contributed by atoms with van der Waals surface area (Å²) in [6.45, 7) is 0. The molecule has 1 aromatic heterocycles. The Balaban J connectivity index is 1.94. The highest BCUT2D eigenvalue weighted by molar-refractivity contribution is 14.1. The van der Waals surface area contributed by atoms with Crippen molar-refractivity contribution in [3.05, 3.63) is 63.1 Å². The second-order valence-corrected chi connectivity index (χ2v) is 6.14. The minimum absolute atomic E-state index is 0.293. The molecule has 0 bridgehead atoms. The number of hydrogen-bond acceptors (Lipinski definition) is 2. The highest BCUT2D eigenvalue weighted by atomic mass is 127. The van der Waals surface area contributed by atoms with E-state index >= 15 is 0 Å². The van der Waals surface area contributed by atoms with E-state index in [1.165, 1.54) is 12.1 Å². The first-order valence-electron chi connectivity index (χ1n) is 6.60. The van der Waals surface area contributed by atoms with Crippen molar-refractivity contribution in [1.82, 2.24) is 9.78 Å². The number of nitrogens with zero attached hydrogens (tertiary/aromatic N) is 2. The van der Waals surface area contributed by atoms with Crippen molar-refractivity contribution in [2.24, 2.45) is 7.05 Å². The van der Waals surface area contributed by atoms with Crippen LogP contribution in [0.1, 0.15) is 17.4 Å². The molecule has 1 atom stereocenters. The first kappa shape index (κ1) is 14.5. The van der Waals surface area contributed by atoms with Crippen molar-refractivity contribution in [3.8, 4) is 0 Å². The van der Waals surface area contributed by atoms with Crippen molar-refractivity contribution in [1.29, 1.82) is 0 Å². The van der Waals surface area contributed by atoms with Crippen LogP contribution in [-0.2, 0) is 13.5 Å². The van der Waals surface area contributed by atoms with E-state index in [9.17, 15) is 9.50 Å². The Hall–Kier alpha value is -1.47. The molecule has 3 rings (SSSR count). The highest BCUT2D eigenvalue weighted by Gasteiger charge is 2.16. The van der Waals surface area contributed by atoms with Crippen LogP contribution in [0.15, 0.2) is 42.5 Å². The van der Waals surface area contributed by atoms with Gasteiger partial charge in [-0.1, -0.05) is 24.3 Å². The number of fused-ring (bicyclic) bond motifs is 1. The van der Waals surface area contributed by atoms with Gasteiger partial charge in [-0.2, -0.15) is 5.10 Å². The third kappa shape index (κ3) is 2.80. The second-order valence-electron chi connectivity index (χ2n) is 4.97. The summed E-state index contributed by atoms with van der Waals surface area (Å²) in [6, 6.07) is 12.4. The van der Waals surface area contributed by atoms with E-state index in [2.05, 4.69) is 5.10 Å². The first-order valence-corrected chi connectivity index (χ1v) is 7.68. The number of halogens is 2. The third-order valence-corrected chi connectivity index (χ3v) is 4.48. The van der Waals surface area contributed by atoms with Gasteiger partial charge in [0, 0.05) is 22.4 Å². The monoisotopic (exact) mass is 396 g/mol. The van der Waals surface area contributed by atoms with Crippen LogP contribution in [0.3, 0.4) is 0 Å². The van der Waals surface area contributed by atoms with Crippen LogP contribution in [0.25, 0.3) is 10.9 Å². The summed E-state index contributed by atoms with van der Waals surface area (Å²) in [4.78, 5) is 0. The maximum atomic E-state index is 13.1. The first-order chi connectivity index (χ1) is 10.1. The van der Waals surface area contributed by atoms with Gasteiger partial charge in [0.1, 0.15) is 5.82 Å². The lowest BCUT2D eigenvalue weighted by molar-refractivity contribution is 0.176. The van der Waals surface area contributed by atoms with E-state index < -0.39 is 6.10 Å². The van der Waals surface area contributed by atoms with Crippen LogP contribution in [-0.4, -0.2) is 14.9 Å². The molecule has 21 heavy (non-hydrogen) atoms. The van der Waals surface area contributed by atoms with E-state index in [0.717, 1.165) is 25.7 Å². The van der Waals surface area contributed by atoms with Crippen molar-refractivity contribution in [2.45, 2.75) is 12.5 Å². The van der Waals surface area contributed by atoms with E-state index in [1.807, 2.05) is 58.6 Å². The van der Waals surface area contributed by atoms with Crippen LogP contribution in [0.4, 0.5) is 4.39 Å². The van der Waals surface area contributed by atoms with Gasteiger partial charge in [0.2, 0.25) is 0 Å². The van der Waals surface area contributed by atoms with Gasteiger partial charge in [0.15, 0.2) is 0 Å². The van der Waals surface area contributed by atoms with Gasteiger partial charge in [-0.15, -0.1) is 0 Å². The molecule has 0 saturated carbocycles. The Morgan fingerprint density at radius 2 is 2.05 bits per heavy atom. The number of benzene rings is 2. The Morgan fingerprint density at radius 3 is 2.81 bits per heavy atom. The van der Waals surface area contributed by atoms with Gasteiger partial charge in [-0.3, -0.25) is 4.68 Å². The normalized spacial score (nSPS) is 12.8. The van der Waals surface area contributed by atoms with Gasteiger partial charge in [-0.25, -0.2) is 4.39 Å². The maximum absolute atomic E-state index is 13.1. The summed E-state index contributed by atoms with van der Waals surface area (Å²) in [6.07, 6.45) is -0.293. The number of aliphatic hydroxyl groups excluding tert-OH is 1. The molecule has 108 valence electrons. The van der Waals surface area contributed by atoms with Gasteiger partial charge in [0.25, 0.3) is 0 Å². The predicted molar refractivity (Wildman–Crippen MR) is 88.5 cm³/mol. The molecule has 0 amide bonds. The molecule has 1 N–H and O–H groups in total. The Kier molecular flexibility index (Phi) is 3.95. The largest absolute Gasteiger partial charge is 0.388 e. The van der Waals surface area contributed by atoms with Crippen LogP contribution in [0.2, 0.25) is 0 Å². The van der Waals surface area contributed by atoms with Crippen molar-refractivity contribution >= 4 is 33.5 Å². The summed E-state index contributed by atoms with van der Waals surface area (Å²) in [7, 11) is 1.89. The molecule has 5 heteroatoms. The fraction of sp³-hybridized carbons (Fsp3) is 0.188. The number of para-hydroxylation sites is 1. The third-order valence-electron chi connectivity index (χ3n) is 3.54. The molecular weight excluding hydrogens is 382 g/mol. The zero-order valence-electron chi connectivity index (χ0n) is 11.4. The summed E-state index contributed by atoms with van der Waals surface area (Å²) in [5.74, 6) is -0.293. The van der Waals surface area contributed by atoms with Crippen LogP contribution < -0.4 is 0 Å². The lowest BCUT2D eigenvalue weighted by atomic mass is 10.0. The Morgan fingerprint density at radius 1 is 1.29 bits per heavy atom. The van der Waals surface area contributed by atoms with Gasteiger partial charge < -0.3 is 5.11 Å². The average Bonchev–Trinajstić information content (AvgIpc) is 2.76. The smallest absolute Gasteiger partial charge is 0.124 e. The van der Waals surface area contributed by atoms with Crippen LogP contribution in [0, 0.1) is 9.39 Å². The molecule has 0 aliphatic rings. The molecule has 0 aliphatic heterocycles. The average molecular weight is 396 g/mol. The lowest BCUT2D eigenvalue weighted by Gasteiger charge is -2.12. The molecule has 0 saturated heterocycles. The topological polar surface area (TPSA) is 38.0 Å². The Labute approximate surface area is 135 Å². The molecule has 0 spiro atoms. The molecule has 0 radical (unpaired) electrons. The van der Waals surface area contributed by atoms with E-state index in [4.69, 9.17) is 0 Å². The fourth-order valence-electron chi connectivity index (χ4n) is 2.50. The molecular formula is C16H14FIN2O. The molecule has 1 unspecified atom stereocenters. The number of rotatable bonds is 3. The minimum atomic E-state index is -0.698. The molecule has 0 fully saturated rings. The highest BCUT2D eigenvalue weighted by Crippen LogP contribution is 2.26. The number of aliphatic hydroxyl groups is 1. The number of aryl methyl sites for hydroxylation is 1. The number of hydrogen-bond donors (Lipinski definition) is 1. The lowest BCUT2D eigenvalue weighted by Crippen LogP contribution is -2.05. The van der Waals surface area contributed by atoms with Gasteiger partial charge >= 0.3 is 0 Å². The summed E-state index contributed by atoms with van der Waals surface area (Å²) in [5, 5.41) is 16.0. The minimum Gasteiger partial charge on any atom is -0.388 e. The quantitative estimate of drug-likeness (QED) is 0.688. The fourth-order valence-corrected chi connectivity index (χ4v) is 3.34. The SMILES string of the molecule is Cn1nc(CC(O)c2ccc(F)cc2I)c2ccccc21. The standard InChI is InChI=1S/C16H14FIN2O/c1-20-15-5-3-2-4-12(15)14(19-20)9-16(21)11-7-6-10(17)8-13(11)18/h2-8,16,21H,9H2,1H3. The molecule has 1 heterocycles. The van der Waals surface area contributed by atoms with Crippen molar-refractivity contribution < 1.29 is 9.50 Å². The maximum Gasteiger partial charge on any atom is 0.124 e. The van der Waals surface area contributed by atoms with Crippen molar-refractivity contribution in [3.63, 3.8) is 0 Å². The summed E-state index contributed by atoms with van der Waals surface area (Å²) < 4.78 is 15.7. The zero-order valence-corrected chi connectivity index (χ0v) is 13.6. The molecule has 3 nitrogen and oxygen atoms in total. The number of aromatic nitrogens is 2. The molecule has 0 aliphatic carbocycles. The second kappa shape index (κ2) is 5.73. The van der Waals surface area contributed by atoms with E-state index in [-0.39, 0.29) is 5.82 Å².